The molecule has 0 saturated heterocycles. The van der Waals surface area contributed by atoms with Crippen LogP contribution in [0.2, 0.25) is 0 Å². The predicted molar refractivity (Wildman–Crippen MR) is 55.7 cm³/mol. The summed E-state index contributed by atoms with van der Waals surface area (Å²) in [7, 11) is 0. The lowest BCUT2D eigenvalue weighted by atomic mass is 10.1. The second kappa shape index (κ2) is 5.61. The van der Waals surface area contributed by atoms with Gasteiger partial charge in [-0.2, -0.15) is 0 Å². The van der Waals surface area contributed by atoms with Gasteiger partial charge in [0.25, 0.3) is 0 Å². The van der Waals surface area contributed by atoms with Gasteiger partial charge in [0.05, 0.1) is 0 Å². The maximum Gasteiger partial charge on any atom is 0.0445 e. The minimum atomic E-state index is 0.313. The van der Waals surface area contributed by atoms with Gasteiger partial charge in [0.1, 0.15) is 0 Å². The van der Waals surface area contributed by atoms with Gasteiger partial charge in [-0.05, 0) is 38.0 Å². The highest BCUT2D eigenvalue weighted by molar-refractivity contribution is 4.81. The Bertz CT molecular complexity index is 136. The van der Waals surface area contributed by atoms with Crippen LogP contribution in [0.3, 0.4) is 0 Å². The summed E-state index contributed by atoms with van der Waals surface area (Å²) in [6, 6.07) is 1.24. The Morgan fingerprint density at radius 1 is 1.46 bits per heavy atom. The summed E-state index contributed by atoms with van der Waals surface area (Å²) in [5.74, 6) is 0.893. The molecular formula is C11H23NO. The van der Waals surface area contributed by atoms with Gasteiger partial charge in [-0.25, -0.2) is 0 Å². The number of aliphatic hydroxyl groups is 1. The quantitative estimate of drug-likeness (QED) is 0.686. The minimum Gasteiger partial charge on any atom is -0.396 e. The third-order valence-electron chi connectivity index (χ3n) is 3.14. The molecule has 2 heteroatoms. The minimum absolute atomic E-state index is 0.313. The van der Waals surface area contributed by atoms with Crippen LogP contribution >= 0.6 is 0 Å². The first-order valence-corrected chi connectivity index (χ1v) is 5.63. The summed E-state index contributed by atoms with van der Waals surface area (Å²) in [5, 5.41) is 12.5. The Labute approximate surface area is 81.7 Å². The fourth-order valence-corrected chi connectivity index (χ4v) is 2.25. The average molecular weight is 185 g/mol. The van der Waals surface area contributed by atoms with E-state index >= 15 is 0 Å². The fraction of sp³-hybridized carbons (Fsp3) is 1.00. The first-order chi connectivity index (χ1) is 6.26. The molecule has 0 aromatic carbocycles. The van der Waals surface area contributed by atoms with Crippen LogP contribution in [0, 0.1) is 5.92 Å². The van der Waals surface area contributed by atoms with E-state index in [-0.39, 0.29) is 0 Å². The molecule has 1 aliphatic rings. The number of nitrogens with one attached hydrogen (secondary N) is 1. The van der Waals surface area contributed by atoms with Crippen molar-refractivity contribution in [3.8, 4) is 0 Å². The van der Waals surface area contributed by atoms with E-state index < -0.39 is 0 Å². The number of aliphatic hydroxyl groups excluding tert-OH is 1. The highest BCUT2D eigenvalue weighted by Gasteiger charge is 2.22. The van der Waals surface area contributed by atoms with Gasteiger partial charge in [-0.1, -0.05) is 13.8 Å². The molecule has 1 aliphatic carbocycles. The lowest BCUT2D eigenvalue weighted by Crippen LogP contribution is -2.37. The molecule has 0 aromatic rings. The monoisotopic (exact) mass is 185 g/mol. The van der Waals surface area contributed by atoms with E-state index in [0.717, 1.165) is 18.8 Å². The van der Waals surface area contributed by atoms with E-state index in [4.69, 9.17) is 5.11 Å². The van der Waals surface area contributed by atoms with E-state index in [1.807, 2.05) is 0 Å². The molecule has 78 valence electrons. The standard InChI is InChI=1S/C11H23NO/c1-3-10(6-7-13)12-11-5-4-9(2)8-11/h9-13H,3-8H2,1-2H3. The summed E-state index contributed by atoms with van der Waals surface area (Å²) in [6.07, 6.45) is 6.05. The Balaban J connectivity index is 2.21. The van der Waals surface area contributed by atoms with Crippen molar-refractivity contribution >= 4 is 0 Å². The summed E-state index contributed by atoms with van der Waals surface area (Å²) in [4.78, 5) is 0. The third-order valence-corrected chi connectivity index (χ3v) is 3.14. The van der Waals surface area contributed by atoms with Crippen molar-refractivity contribution in [1.29, 1.82) is 0 Å². The molecule has 0 amide bonds. The van der Waals surface area contributed by atoms with Crippen molar-refractivity contribution in [3.63, 3.8) is 0 Å². The average Bonchev–Trinajstić information content (AvgIpc) is 2.50. The lowest BCUT2D eigenvalue weighted by Gasteiger charge is -2.21. The van der Waals surface area contributed by atoms with Gasteiger partial charge < -0.3 is 10.4 Å². The van der Waals surface area contributed by atoms with Crippen molar-refractivity contribution in [2.45, 2.75) is 58.0 Å². The van der Waals surface area contributed by atoms with E-state index in [9.17, 15) is 0 Å². The molecule has 0 aliphatic heterocycles. The van der Waals surface area contributed by atoms with Gasteiger partial charge >= 0.3 is 0 Å². The highest BCUT2D eigenvalue weighted by Crippen LogP contribution is 2.25. The topological polar surface area (TPSA) is 32.3 Å². The second-order valence-corrected chi connectivity index (χ2v) is 4.40. The second-order valence-electron chi connectivity index (χ2n) is 4.40. The Morgan fingerprint density at radius 3 is 2.69 bits per heavy atom. The van der Waals surface area contributed by atoms with Gasteiger partial charge in [-0.15, -0.1) is 0 Å². The summed E-state index contributed by atoms with van der Waals surface area (Å²) < 4.78 is 0. The van der Waals surface area contributed by atoms with Gasteiger partial charge in [0, 0.05) is 18.7 Å². The van der Waals surface area contributed by atoms with Gasteiger partial charge in [0.15, 0.2) is 0 Å². The van der Waals surface area contributed by atoms with E-state index in [1.165, 1.54) is 19.3 Å². The first kappa shape index (κ1) is 11.0. The molecule has 2 nitrogen and oxygen atoms in total. The van der Waals surface area contributed by atoms with Crippen molar-refractivity contribution in [2.24, 2.45) is 5.92 Å². The zero-order valence-corrected chi connectivity index (χ0v) is 8.92. The predicted octanol–water partition coefficient (Wildman–Crippen LogP) is 1.93. The van der Waals surface area contributed by atoms with Crippen molar-refractivity contribution in [1.82, 2.24) is 5.32 Å². The van der Waals surface area contributed by atoms with Crippen LogP contribution in [0.15, 0.2) is 0 Å². The molecule has 0 radical (unpaired) electrons. The largest absolute Gasteiger partial charge is 0.396 e. The Hall–Kier alpha value is -0.0800. The number of rotatable bonds is 5. The van der Waals surface area contributed by atoms with Crippen LogP contribution in [0.5, 0.6) is 0 Å². The number of hydrogen-bond acceptors (Lipinski definition) is 2. The maximum absolute atomic E-state index is 8.85. The van der Waals surface area contributed by atoms with Gasteiger partial charge in [-0.3, -0.25) is 0 Å². The molecule has 1 rings (SSSR count). The zero-order chi connectivity index (χ0) is 9.68. The molecule has 3 atom stereocenters. The molecule has 1 saturated carbocycles. The van der Waals surface area contributed by atoms with Gasteiger partial charge in [0.2, 0.25) is 0 Å². The summed E-state index contributed by atoms with van der Waals surface area (Å²) >= 11 is 0. The molecule has 0 aromatic heterocycles. The van der Waals surface area contributed by atoms with Crippen LogP contribution in [-0.4, -0.2) is 23.8 Å². The molecule has 0 spiro atoms. The molecule has 0 bridgehead atoms. The normalized spacial score (nSPS) is 30.7. The lowest BCUT2D eigenvalue weighted by molar-refractivity contribution is 0.254. The van der Waals surface area contributed by atoms with Crippen LogP contribution < -0.4 is 5.32 Å². The van der Waals surface area contributed by atoms with E-state index in [2.05, 4.69) is 19.2 Å². The van der Waals surface area contributed by atoms with Crippen molar-refractivity contribution in [3.05, 3.63) is 0 Å². The SMILES string of the molecule is CCC(CCO)NC1CCC(C)C1. The summed E-state index contributed by atoms with van der Waals surface area (Å²) in [5.41, 5.74) is 0. The smallest absolute Gasteiger partial charge is 0.0445 e. The van der Waals surface area contributed by atoms with E-state index in [0.29, 0.717) is 18.7 Å². The zero-order valence-electron chi connectivity index (χ0n) is 8.92. The van der Waals surface area contributed by atoms with Crippen LogP contribution in [0.25, 0.3) is 0 Å². The number of hydrogen-bond donors (Lipinski definition) is 2. The van der Waals surface area contributed by atoms with Crippen LogP contribution in [0.1, 0.15) is 46.0 Å². The molecule has 3 unspecified atom stereocenters. The molecule has 1 fully saturated rings. The van der Waals surface area contributed by atoms with Crippen molar-refractivity contribution < 1.29 is 5.11 Å². The highest BCUT2D eigenvalue weighted by atomic mass is 16.3. The maximum atomic E-state index is 8.85. The third kappa shape index (κ3) is 3.65. The first-order valence-electron chi connectivity index (χ1n) is 5.63. The fourth-order valence-electron chi connectivity index (χ4n) is 2.25. The van der Waals surface area contributed by atoms with Crippen LogP contribution in [-0.2, 0) is 0 Å². The van der Waals surface area contributed by atoms with Crippen LogP contribution in [0.4, 0.5) is 0 Å². The molecule has 13 heavy (non-hydrogen) atoms. The summed E-state index contributed by atoms with van der Waals surface area (Å²) in [6.45, 7) is 4.83. The molecule has 0 heterocycles. The van der Waals surface area contributed by atoms with Crippen molar-refractivity contribution in [2.75, 3.05) is 6.61 Å². The molecular weight excluding hydrogens is 162 g/mol. The van der Waals surface area contributed by atoms with E-state index in [1.54, 1.807) is 0 Å². The Morgan fingerprint density at radius 2 is 2.23 bits per heavy atom. The Kier molecular flexibility index (Phi) is 4.74. The molecule has 2 N–H and O–H groups in total.